The average molecular weight is 242 g/mol. The molecular formula is C13H20ClNO. The molecule has 1 aromatic carbocycles. The number of hydrogen-bond donors (Lipinski definition) is 1. The zero-order valence-corrected chi connectivity index (χ0v) is 10.9. The topological polar surface area (TPSA) is 35.2 Å². The Labute approximate surface area is 103 Å². The molecule has 1 unspecified atom stereocenters. The molecule has 0 aliphatic rings. The number of hydrogen-bond acceptors (Lipinski definition) is 2. The SMILES string of the molecule is CC(C)(C)OCC(N)Cc1ccccc1Cl. The fourth-order valence-corrected chi connectivity index (χ4v) is 1.58. The molecule has 0 heterocycles. The Morgan fingerprint density at radius 3 is 2.50 bits per heavy atom. The molecule has 0 bridgehead atoms. The van der Waals surface area contributed by atoms with Crippen LogP contribution in [0.25, 0.3) is 0 Å². The van der Waals surface area contributed by atoms with Crippen LogP contribution in [0.3, 0.4) is 0 Å². The molecule has 16 heavy (non-hydrogen) atoms. The van der Waals surface area contributed by atoms with E-state index in [-0.39, 0.29) is 11.6 Å². The fourth-order valence-electron chi connectivity index (χ4n) is 1.36. The lowest BCUT2D eigenvalue weighted by Crippen LogP contribution is -2.33. The van der Waals surface area contributed by atoms with Crippen molar-refractivity contribution in [3.8, 4) is 0 Å². The van der Waals surface area contributed by atoms with Crippen molar-refractivity contribution in [2.45, 2.75) is 38.8 Å². The highest BCUT2D eigenvalue weighted by atomic mass is 35.5. The van der Waals surface area contributed by atoms with Crippen molar-refractivity contribution in [3.05, 3.63) is 34.9 Å². The van der Waals surface area contributed by atoms with Crippen LogP contribution in [0.2, 0.25) is 5.02 Å². The van der Waals surface area contributed by atoms with Gasteiger partial charge in [0.15, 0.2) is 0 Å². The van der Waals surface area contributed by atoms with Crippen molar-refractivity contribution in [1.29, 1.82) is 0 Å². The van der Waals surface area contributed by atoms with Crippen molar-refractivity contribution in [1.82, 2.24) is 0 Å². The van der Waals surface area contributed by atoms with E-state index in [1.165, 1.54) is 0 Å². The zero-order chi connectivity index (χ0) is 12.2. The van der Waals surface area contributed by atoms with Crippen LogP contribution in [0, 0.1) is 0 Å². The predicted molar refractivity (Wildman–Crippen MR) is 68.8 cm³/mol. The number of nitrogens with two attached hydrogens (primary N) is 1. The van der Waals surface area contributed by atoms with Gasteiger partial charge in [-0.25, -0.2) is 0 Å². The lowest BCUT2D eigenvalue weighted by Gasteiger charge is -2.22. The number of benzene rings is 1. The minimum Gasteiger partial charge on any atom is -0.374 e. The molecular weight excluding hydrogens is 222 g/mol. The second-order valence-corrected chi connectivity index (χ2v) is 5.39. The maximum Gasteiger partial charge on any atom is 0.0627 e. The summed E-state index contributed by atoms with van der Waals surface area (Å²) in [5.41, 5.74) is 6.94. The summed E-state index contributed by atoms with van der Waals surface area (Å²) < 4.78 is 5.64. The highest BCUT2D eigenvalue weighted by molar-refractivity contribution is 6.31. The average Bonchev–Trinajstić information content (AvgIpc) is 2.18. The van der Waals surface area contributed by atoms with Crippen molar-refractivity contribution in [2.24, 2.45) is 5.73 Å². The van der Waals surface area contributed by atoms with Crippen molar-refractivity contribution >= 4 is 11.6 Å². The van der Waals surface area contributed by atoms with Gasteiger partial charge in [-0.1, -0.05) is 29.8 Å². The molecule has 0 aliphatic carbocycles. The Balaban J connectivity index is 2.46. The Kier molecular flexibility index (Phi) is 4.78. The summed E-state index contributed by atoms with van der Waals surface area (Å²) >= 11 is 6.06. The van der Waals surface area contributed by atoms with Gasteiger partial charge in [-0.05, 0) is 38.8 Å². The first-order chi connectivity index (χ1) is 7.38. The van der Waals surface area contributed by atoms with E-state index in [1.807, 2.05) is 45.0 Å². The van der Waals surface area contributed by atoms with Gasteiger partial charge in [0.25, 0.3) is 0 Å². The first-order valence-electron chi connectivity index (χ1n) is 5.51. The van der Waals surface area contributed by atoms with E-state index in [1.54, 1.807) is 0 Å². The summed E-state index contributed by atoms with van der Waals surface area (Å²) in [7, 11) is 0. The van der Waals surface area contributed by atoms with Crippen LogP contribution in [-0.2, 0) is 11.2 Å². The van der Waals surface area contributed by atoms with Gasteiger partial charge in [-0.3, -0.25) is 0 Å². The number of halogens is 1. The van der Waals surface area contributed by atoms with Crippen LogP contribution in [-0.4, -0.2) is 18.2 Å². The zero-order valence-electron chi connectivity index (χ0n) is 10.2. The minimum atomic E-state index is -0.141. The van der Waals surface area contributed by atoms with E-state index < -0.39 is 0 Å². The summed E-state index contributed by atoms with van der Waals surface area (Å²) in [6.07, 6.45) is 0.746. The second kappa shape index (κ2) is 5.67. The standard InChI is InChI=1S/C13H20ClNO/c1-13(2,3)16-9-11(15)8-10-6-4-5-7-12(10)14/h4-7,11H,8-9,15H2,1-3H3. The molecule has 0 amide bonds. The molecule has 0 saturated carbocycles. The molecule has 1 atom stereocenters. The maximum absolute atomic E-state index is 6.06. The van der Waals surface area contributed by atoms with Gasteiger partial charge in [-0.2, -0.15) is 0 Å². The molecule has 0 spiro atoms. The second-order valence-electron chi connectivity index (χ2n) is 4.98. The molecule has 3 heteroatoms. The monoisotopic (exact) mass is 241 g/mol. The molecule has 2 nitrogen and oxygen atoms in total. The third-order valence-electron chi connectivity index (χ3n) is 2.17. The third kappa shape index (κ3) is 4.97. The molecule has 1 rings (SSSR count). The summed E-state index contributed by atoms with van der Waals surface area (Å²) in [4.78, 5) is 0. The first-order valence-corrected chi connectivity index (χ1v) is 5.89. The maximum atomic E-state index is 6.06. The lowest BCUT2D eigenvalue weighted by molar-refractivity contribution is -0.00982. The van der Waals surface area contributed by atoms with Gasteiger partial charge in [0.05, 0.1) is 12.2 Å². The molecule has 1 aromatic rings. The van der Waals surface area contributed by atoms with Gasteiger partial charge in [0.2, 0.25) is 0 Å². The Morgan fingerprint density at radius 1 is 1.31 bits per heavy atom. The van der Waals surface area contributed by atoms with E-state index >= 15 is 0 Å². The summed E-state index contributed by atoms with van der Waals surface area (Å²) in [6.45, 7) is 6.62. The lowest BCUT2D eigenvalue weighted by atomic mass is 10.1. The molecule has 2 N–H and O–H groups in total. The van der Waals surface area contributed by atoms with Crippen molar-refractivity contribution in [2.75, 3.05) is 6.61 Å². The largest absolute Gasteiger partial charge is 0.374 e. The molecule has 0 aromatic heterocycles. The minimum absolute atomic E-state index is 0.0147. The highest BCUT2D eigenvalue weighted by Crippen LogP contribution is 2.17. The number of ether oxygens (including phenoxy) is 1. The number of rotatable bonds is 4. The molecule has 0 saturated heterocycles. The van der Waals surface area contributed by atoms with Crippen molar-refractivity contribution in [3.63, 3.8) is 0 Å². The van der Waals surface area contributed by atoms with Crippen LogP contribution >= 0.6 is 11.6 Å². The van der Waals surface area contributed by atoms with Crippen LogP contribution in [0.5, 0.6) is 0 Å². The summed E-state index contributed by atoms with van der Waals surface area (Å²) in [5.74, 6) is 0. The normalized spacial score (nSPS) is 13.8. The Morgan fingerprint density at radius 2 is 1.94 bits per heavy atom. The first kappa shape index (κ1) is 13.5. The van der Waals surface area contributed by atoms with Crippen molar-refractivity contribution < 1.29 is 4.74 Å². The van der Waals surface area contributed by atoms with Gasteiger partial charge in [0, 0.05) is 11.1 Å². The Bertz CT molecular complexity index is 333. The summed E-state index contributed by atoms with van der Waals surface area (Å²) in [5, 5.41) is 0.772. The van der Waals surface area contributed by atoms with E-state index in [4.69, 9.17) is 22.1 Å². The molecule has 0 radical (unpaired) electrons. The fraction of sp³-hybridized carbons (Fsp3) is 0.538. The van der Waals surface area contributed by atoms with E-state index in [9.17, 15) is 0 Å². The van der Waals surface area contributed by atoms with Crippen LogP contribution in [0.4, 0.5) is 0 Å². The van der Waals surface area contributed by atoms with Crippen LogP contribution < -0.4 is 5.73 Å². The van der Waals surface area contributed by atoms with Gasteiger partial charge < -0.3 is 10.5 Å². The van der Waals surface area contributed by atoms with Gasteiger partial charge in [-0.15, -0.1) is 0 Å². The molecule has 90 valence electrons. The smallest absolute Gasteiger partial charge is 0.0627 e. The van der Waals surface area contributed by atoms with E-state index in [2.05, 4.69) is 0 Å². The predicted octanol–water partition coefficient (Wildman–Crippen LogP) is 3.02. The van der Waals surface area contributed by atoms with Crippen LogP contribution in [0.1, 0.15) is 26.3 Å². The van der Waals surface area contributed by atoms with Crippen LogP contribution in [0.15, 0.2) is 24.3 Å². The van der Waals surface area contributed by atoms with E-state index in [0.29, 0.717) is 6.61 Å². The molecule has 0 aliphatic heterocycles. The summed E-state index contributed by atoms with van der Waals surface area (Å²) in [6, 6.07) is 7.76. The van der Waals surface area contributed by atoms with Gasteiger partial charge >= 0.3 is 0 Å². The highest BCUT2D eigenvalue weighted by Gasteiger charge is 2.13. The van der Waals surface area contributed by atoms with E-state index in [0.717, 1.165) is 17.0 Å². The third-order valence-corrected chi connectivity index (χ3v) is 2.54. The molecule has 0 fully saturated rings. The van der Waals surface area contributed by atoms with Gasteiger partial charge in [0.1, 0.15) is 0 Å². The Hall–Kier alpha value is -0.570. The quantitative estimate of drug-likeness (QED) is 0.880.